The fraction of sp³-hybridized carbons (Fsp3) is 0.400. The number of hydrogen-bond acceptors (Lipinski definition) is 4. The van der Waals surface area contributed by atoms with E-state index < -0.39 is 0 Å². The number of nitrogens with zero attached hydrogens (tertiary/aromatic N) is 3. The summed E-state index contributed by atoms with van der Waals surface area (Å²) in [5.41, 5.74) is 1.69. The molecule has 0 bridgehead atoms. The summed E-state index contributed by atoms with van der Waals surface area (Å²) in [5, 5.41) is 12.3. The number of benzene rings is 1. The van der Waals surface area contributed by atoms with Crippen molar-refractivity contribution in [2.24, 2.45) is 0 Å². The molecule has 1 aromatic heterocycles. The van der Waals surface area contributed by atoms with Gasteiger partial charge in [-0.05, 0) is 25.8 Å². The minimum absolute atomic E-state index is 0.156. The summed E-state index contributed by atoms with van der Waals surface area (Å²) in [7, 11) is 0. The number of anilines is 1. The first-order valence-corrected chi connectivity index (χ1v) is 7.01. The standard InChI is InChI=1S/C15H18N4O/c1-11(15(20)19-8-4-5-9-19)17-14-10-16-18-13-7-3-2-6-12(13)14/h2-3,6-7,10-11H,4-5,8-9H2,1H3,(H,17,18). The molecule has 1 aromatic carbocycles. The maximum atomic E-state index is 12.3. The molecule has 5 heteroatoms. The first-order chi connectivity index (χ1) is 9.75. The molecular formula is C15H18N4O. The van der Waals surface area contributed by atoms with Crippen molar-refractivity contribution >= 4 is 22.5 Å². The van der Waals surface area contributed by atoms with Crippen LogP contribution in [0.25, 0.3) is 10.9 Å². The zero-order valence-corrected chi connectivity index (χ0v) is 11.5. The second kappa shape index (κ2) is 5.45. The Kier molecular flexibility index (Phi) is 3.50. The summed E-state index contributed by atoms with van der Waals surface area (Å²) < 4.78 is 0. The average molecular weight is 270 g/mol. The quantitative estimate of drug-likeness (QED) is 0.927. The average Bonchev–Trinajstić information content (AvgIpc) is 3.01. The van der Waals surface area contributed by atoms with Gasteiger partial charge in [0.2, 0.25) is 5.91 Å². The number of aromatic nitrogens is 2. The monoisotopic (exact) mass is 270 g/mol. The molecule has 1 aliphatic heterocycles. The van der Waals surface area contributed by atoms with Crippen LogP contribution >= 0.6 is 0 Å². The van der Waals surface area contributed by atoms with E-state index in [-0.39, 0.29) is 11.9 Å². The van der Waals surface area contributed by atoms with Crippen molar-refractivity contribution in [1.82, 2.24) is 15.1 Å². The van der Waals surface area contributed by atoms with Gasteiger partial charge >= 0.3 is 0 Å². The Bertz CT molecular complexity index is 617. The molecule has 2 aromatic rings. The summed E-state index contributed by atoms with van der Waals surface area (Å²) in [6, 6.07) is 7.54. The molecule has 0 radical (unpaired) electrons. The maximum absolute atomic E-state index is 12.3. The SMILES string of the molecule is CC(Nc1cnnc2ccccc12)C(=O)N1CCCC1. The van der Waals surface area contributed by atoms with Crippen molar-refractivity contribution in [3.63, 3.8) is 0 Å². The summed E-state index contributed by atoms with van der Waals surface area (Å²) in [4.78, 5) is 14.2. The number of likely N-dealkylation sites (tertiary alicyclic amines) is 1. The third-order valence-electron chi connectivity index (χ3n) is 3.71. The van der Waals surface area contributed by atoms with Gasteiger partial charge in [-0.25, -0.2) is 0 Å². The highest BCUT2D eigenvalue weighted by Gasteiger charge is 2.23. The van der Waals surface area contributed by atoms with E-state index in [1.54, 1.807) is 6.20 Å². The molecule has 1 fully saturated rings. The van der Waals surface area contributed by atoms with Gasteiger partial charge in [0.1, 0.15) is 6.04 Å². The summed E-state index contributed by atoms with van der Waals surface area (Å²) in [5.74, 6) is 0.156. The van der Waals surface area contributed by atoms with Gasteiger partial charge in [-0.1, -0.05) is 18.2 Å². The second-order valence-electron chi connectivity index (χ2n) is 5.17. The first kappa shape index (κ1) is 12.8. The molecule has 2 heterocycles. The Labute approximate surface area is 118 Å². The van der Waals surface area contributed by atoms with Crippen molar-refractivity contribution in [2.45, 2.75) is 25.8 Å². The van der Waals surface area contributed by atoms with E-state index in [9.17, 15) is 4.79 Å². The predicted octanol–water partition coefficient (Wildman–Crippen LogP) is 2.05. The molecule has 1 unspecified atom stereocenters. The molecule has 1 N–H and O–H groups in total. The van der Waals surface area contributed by atoms with E-state index in [4.69, 9.17) is 0 Å². The number of carbonyl (C=O) groups is 1. The van der Waals surface area contributed by atoms with Crippen molar-refractivity contribution in [2.75, 3.05) is 18.4 Å². The van der Waals surface area contributed by atoms with Crippen LogP contribution in [0, 0.1) is 0 Å². The van der Waals surface area contributed by atoms with Gasteiger partial charge in [0.25, 0.3) is 0 Å². The summed E-state index contributed by atoms with van der Waals surface area (Å²) in [6.45, 7) is 3.65. The van der Waals surface area contributed by atoms with Crippen molar-refractivity contribution in [3.8, 4) is 0 Å². The predicted molar refractivity (Wildman–Crippen MR) is 78.4 cm³/mol. The molecule has 0 aliphatic carbocycles. The van der Waals surface area contributed by atoms with Gasteiger partial charge in [-0.2, -0.15) is 10.2 Å². The highest BCUT2D eigenvalue weighted by molar-refractivity contribution is 5.93. The smallest absolute Gasteiger partial charge is 0.244 e. The number of hydrogen-bond donors (Lipinski definition) is 1. The second-order valence-corrected chi connectivity index (χ2v) is 5.17. The minimum Gasteiger partial charge on any atom is -0.372 e. The Morgan fingerprint density at radius 2 is 2.05 bits per heavy atom. The van der Waals surface area contributed by atoms with E-state index in [2.05, 4.69) is 15.5 Å². The number of fused-ring (bicyclic) bond motifs is 1. The lowest BCUT2D eigenvalue weighted by Crippen LogP contribution is -2.39. The molecule has 0 spiro atoms. The van der Waals surface area contributed by atoms with E-state index in [1.807, 2.05) is 36.1 Å². The highest BCUT2D eigenvalue weighted by Crippen LogP contribution is 2.21. The van der Waals surface area contributed by atoms with Crippen molar-refractivity contribution < 1.29 is 4.79 Å². The first-order valence-electron chi connectivity index (χ1n) is 7.01. The van der Waals surface area contributed by atoms with Crippen LogP contribution in [0.1, 0.15) is 19.8 Å². The van der Waals surface area contributed by atoms with Gasteiger partial charge in [0.15, 0.2) is 0 Å². The fourth-order valence-electron chi connectivity index (χ4n) is 2.63. The van der Waals surface area contributed by atoms with Crippen LogP contribution in [0.2, 0.25) is 0 Å². The Morgan fingerprint density at radius 3 is 2.85 bits per heavy atom. The molecule has 20 heavy (non-hydrogen) atoms. The van der Waals surface area contributed by atoms with Crippen LogP contribution in [0.4, 0.5) is 5.69 Å². The number of rotatable bonds is 3. The van der Waals surface area contributed by atoms with Gasteiger partial charge in [-0.15, -0.1) is 0 Å². The Morgan fingerprint density at radius 1 is 1.30 bits per heavy atom. The number of carbonyl (C=O) groups excluding carboxylic acids is 1. The van der Waals surface area contributed by atoms with Gasteiger partial charge in [0, 0.05) is 18.5 Å². The van der Waals surface area contributed by atoms with Crippen LogP contribution in [0.15, 0.2) is 30.5 Å². The highest BCUT2D eigenvalue weighted by atomic mass is 16.2. The normalized spacial score (nSPS) is 16.4. The zero-order chi connectivity index (χ0) is 13.9. The molecule has 3 rings (SSSR count). The Balaban J connectivity index is 1.80. The summed E-state index contributed by atoms with van der Waals surface area (Å²) >= 11 is 0. The topological polar surface area (TPSA) is 58.1 Å². The van der Waals surface area contributed by atoms with E-state index in [0.29, 0.717) is 0 Å². The number of nitrogens with one attached hydrogen (secondary N) is 1. The van der Waals surface area contributed by atoms with Crippen molar-refractivity contribution in [1.29, 1.82) is 0 Å². The minimum atomic E-state index is -0.249. The molecule has 1 atom stereocenters. The lowest BCUT2D eigenvalue weighted by atomic mass is 10.2. The van der Waals surface area contributed by atoms with E-state index >= 15 is 0 Å². The lowest BCUT2D eigenvalue weighted by Gasteiger charge is -2.22. The molecule has 104 valence electrons. The zero-order valence-electron chi connectivity index (χ0n) is 11.5. The van der Waals surface area contributed by atoms with Crippen LogP contribution < -0.4 is 5.32 Å². The molecule has 0 saturated carbocycles. The molecule has 5 nitrogen and oxygen atoms in total. The van der Waals surface area contributed by atoms with Crippen molar-refractivity contribution in [3.05, 3.63) is 30.5 Å². The molecule has 1 aliphatic rings. The molecular weight excluding hydrogens is 252 g/mol. The van der Waals surface area contributed by atoms with Crippen LogP contribution in [0.5, 0.6) is 0 Å². The third kappa shape index (κ3) is 2.43. The van der Waals surface area contributed by atoms with E-state index in [0.717, 1.165) is 42.5 Å². The van der Waals surface area contributed by atoms with Gasteiger partial charge in [0.05, 0.1) is 17.4 Å². The molecule has 1 amide bonds. The molecule has 1 saturated heterocycles. The third-order valence-corrected chi connectivity index (χ3v) is 3.71. The fourth-order valence-corrected chi connectivity index (χ4v) is 2.63. The van der Waals surface area contributed by atoms with E-state index in [1.165, 1.54) is 0 Å². The number of amides is 1. The summed E-state index contributed by atoms with van der Waals surface area (Å²) in [6.07, 6.45) is 3.90. The maximum Gasteiger partial charge on any atom is 0.244 e. The Hall–Kier alpha value is -2.17. The largest absolute Gasteiger partial charge is 0.372 e. The van der Waals surface area contributed by atoms with Crippen LogP contribution in [0.3, 0.4) is 0 Å². The lowest BCUT2D eigenvalue weighted by molar-refractivity contribution is -0.130. The van der Waals surface area contributed by atoms with Crippen LogP contribution in [-0.2, 0) is 4.79 Å². The van der Waals surface area contributed by atoms with Crippen LogP contribution in [-0.4, -0.2) is 40.1 Å². The van der Waals surface area contributed by atoms with Gasteiger partial charge < -0.3 is 10.2 Å². The van der Waals surface area contributed by atoms with Gasteiger partial charge in [-0.3, -0.25) is 4.79 Å².